The van der Waals surface area contributed by atoms with E-state index in [4.69, 9.17) is 16.3 Å². The Morgan fingerprint density at radius 1 is 1.30 bits per heavy atom. The second-order valence-corrected chi connectivity index (χ2v) is 5.21. The first-order chi connectivity index (χ1) is 9.84. The number of aromatic nitrogens is 2. The Labute approximate surface area is 123 Å². The highest BCUT2D eigenvalue weighted by Crippen LogP contribution is 2.29. The molecule has 0 unspecified atom stereocenters. The van der Waals surface area contributed by atoms with Gasteiger partial charge in [0.25, 0.3) is 0 Å². The van der Waals surface area contributed by atoms with Crippen molar-refractivity contribution in [3.8, 4) is 5.75 Å². The second kappa shape index (κ2) is 6.09. The van der Waals surface area contributed by atoms with Crippen molar-refractivity contribution in [1.82, 2.24) is 9.97 Å². The molecule has 104 valence electrons. The van der Waals surface area contributed by atoms with Crippen LogP contribution in [0.15, 0.2) is 42.9 Å². The van der Waals surface area contributed by atoms with E-state index in [0.717, 1.165) is 31.0 Å². The molecule has 0 bridgehead atoms. The number of anilines is 1. The largest absolute Gasteiger partial charge is 0.491 e. The van der Waals surface area contributed by atoms with Gasteiger partial charge < -0.3 is 9.64 Å². The number of benzene rings is 1. The second-order valence-electron chi connectivity index (χ2n) is 4.81. The first kappa shape index (κ1) is 13.2. The van der Waals surface area contributed by atoms with Gasteiger partial charge in [-0.3, -0.25) is 0 Å². The molecule has 1 aromatic heterocycles. The van der Waals surface area contributed by atoms with Gasteiger partial charge in [-0.1, -0.05) is 29.8 Å². The lowest BCUT2D eigenvalue weighted by atomic mass is 10.2. The summed E-state index contributed by atoms with van der Waals surface area (Å²) in [5.41, 5.74) is 0. The molecule has 5 heteroatoms. The molecular formula is C15H16ClN3O. The number of hydrogen-bond donors (Lipinski definition) is 0. The van der Waals surface area contributed by atoms with E-state index in [1.807, 2.05) is 30.3 Å². The molecule has 1 atom stereocenters. The Bertz CT molecular complexity index is 564. The fourth-order valence-corrected chi connectivity index (χ4v) is 2.73. The number of halogens is 1. The van der Waals surface area contributed by atoms with Crippen molar-refractivity contribution in [3.05, 3.63) is 47.9 Å². The summed E-state index contributed by atoms with van der Waals surface area (Å²) < 4.78 is 5.85. The third-order valence-corrected chi connectivity index (χ3v) is 3.75. The summed E-state index contributed by atoms with van der Waals surface area (Å²) in [4.78, 5) is 10.4. The lowest BCUT2D eigenvalue weighted by molar-refractivity contribution is 0.288. The molecule has 0 saturated carbocycles. The minimum Gasteiger partial charge on any atom is -0.491 e. The molecule has 1 aromatic carbocycles. The molecule has 0 spiro atoms. The molecule has 1 aliphatic heterocycles. The van der Waals surface area contributed by atoms with E-state index < -0.39 is 0 Å². The van der Waals surface area contributed by atoms with Crippen molar-refractivity contribution in [1.29, 1.82) is 0 Å². The van der Waals surface area contributed by atoms with Gasteiger partial charge in [-0.05, 0) is 25.0 Å². The maximum absolute atomic E-state index is 6.18. The first-order valence-corrected chi connectivity index (χ1v) is 7.12. The van der Waals surface area contributed by atoms with Gasteiger partial charge in [0, 0.05) is 6.54 Å². The molecule has 2 aromatic rings. The summed E-state index contributed by atoms with van der Waals surface area (Å²) >= 11 is 6.18. The van der Waals surface area contributed by atoms with E-state index in [9.17, 15) is 0 Å². The van der Waals surface area contributed by atoms with Gasteiger partial charge in [0.15, 0.2) is 5.82 Å². The van der Waals surface area contributed by atoms with Crippen molar-refractivity contribution >= 4 is 17.4 Å². The predicted molar refractivity (Wildman–Crippen MR) is 79.3 cm³/mol. The number of rotatable bonds is 4. The standard InChI is InChI=1S/C15H16ClN3O/c16-14-9-17-11-18-15(14)19-8-4-5-12(19)10-20-13-6-2-1-3-7-13/h1-3,6-7,9,11-12H,4-5,8,10H2/t12-/m1/s1. The number of nitrogens with zero attached hydrogens (tertiary/aromatic N) is 3. The van der Waals surface area contributed by atoms with Crippen LogP contribution in [0.3, 0.4) is 0 Å². The fraction of sp³-hybridized carbons (Fsp3) is 0.333. The van der Waals surface area contributed by atoms with E-state index in [-0.39, 0.29) is 0 Å². The minimum absolute atomic E-state index is 0.308. The summed E-state index contributed by atoms with van der Waals surface area (Å²) in [5.74, 6) is 1.70. The maximum atomic E-state index is 6.18. The van der Waals surface area contributed by atoms with E-state index >= 15 is 0 Å². The normalized spacial score (nSPS) is 18.2. The topological polar surface area (TPSA) is 38.2 Å². The van der Waals surface area contributed by atoms with Crippen LogP contribution in [-0.2, 0) is 0 Å². The Balaban J connectivity index is 1.69. The molecule has 1 saturated heterocycles. The summed E-state index contributed by atoms with van der Waals surface area (Å²) in [6.07, 6.45) is 5.39. The van der Waals surface area contributed by atoms with Crippen molar-refractivity contribution in [2.45, 2.75) is 18.9 Å². The quantitative estimate of drug-likeness (QED) is 0.866. The summed E-state index contributed by atoms with van der Waals surface area (Å²) in [6, 6.07) is 10.2. The molecule has 1 fully saturated rings. The molecular weight excluding hydrogens is 274 g/mol. The van der Waals surface area contributed by atoms with Gasteiger partial charge in [-0.15, -0.1) is 0 Å². The Kier molecular flexibility index (Phi) is 4.02. The van der Waals surface area contributed by atoms with Crippen LogP contribution in [-0.4, -0.2) is 29.2 Å². The van der Waals surface area contributed by atoms with Crippen LogP contribution >= 0.6 is 11.6 Å². The highest BCUT2D eigenvalue weighted by atomic mass is 35.5. The van der Waals surface area contributed by atoms with Crippen LogP contribution in [0.2, 0.25) is 5.02 Å². The molecule has 0 amide bonds. The van der Waals surface area contributed by atoms with Crippen LogP contribution in [0.4, 0.5) is 5.82 Å². The average Bonchev–Trinajstić information content (AvgIpc) is 2.95. The van der Waals surface area contributed by atoms with E-state index in [0.29, 0.717) is 17.7 Å². The van der Waals surface area contributed by atoms with E-state index in [1.54, 1.807) is 6.20 Å². The van der Waals surface area contributed by atoms with Gasteiger partial charge in [-0.25, -0.2) is 9.97 Å². The smallest absolute Gasteiger partial charge is 0.151 e. The average molecular weight is 290 g/mol. The zero-order valence-corrected chi connectivity index (χ0v) is 11.8. The van der Waals surface area contributed by atoms with Crippen molar-refractivity contribution in [3.63, 3.8) is 0 Å². The molecule has 20 heavy (non-hydrogen) atoms. The van der Waals surface area contributed by atoms with Gasteiger partial charge >= 0.3 is 0 Å². The SMILES string of the molecule is Clc1cncnc1N1CCC[C@@H]1COc1ccccc1. The summed E-state index contributed by atoms with van der Waals surface area (Å²) in [5, 5.41) is 0.596. The lowest BCUT2D eigenvalue weighted by Crippen LogP contribution is -2.35. The first-order valence-electron chi connectivity index (χ1n) is 6.74. The van der Waals surface area contributed by atoms with Crippen molar-refractivity contribution in [2.75, 3.05) is 18.1 Å². The van der Waals surface area contributed by atoms with E-state index in [1.165, 1.54) is 6.33 Å². The number of hydrogen-bond acceptors (Lipinski definition) is 4. The molecule has 0 aliphatic carbocycles. The third-order valence-electron chi connectivity index (χ3n) is 3.48. The predicted octanol–water partition coefficient (Wildman–Crippen LogP) is 3.18. The Morgan fingerprint density at radius 3 is 2.95 bits per heavy atom. The van der Waals surface area contributed by atoms with Crippen LogP contribution in [0.25, 0.3) is 0 Å². The van der Waals surface area contributed by atoms with Crippen LogP contribution in [0.5, 0.6) is 5.75 Å². The monoisotopic (exact) mass is 289 g/mol. The summed E-state index contributed by atoms with van der Waals surface area (Å²) in [6.45, 7) is 1.60. The highest BCUT2D eigenvalue weighted by Gasteiger charge is 2.27. The molecule has 4 nitrogen and oxygen atoms in total. The number of ether oxygens (including phenoxy) is 1. The van der Waals surface area contributed by atoms with Crippen molar-refractivity contribution < 1.29 is 4.74 Å². The molecule has 0 radical (unpaired) electrons. The van der Waals surface area contributed by atoms with Crippen LogP contribution < -0.4 is 9.64 Å². The van der Waals surface area contributed by atoms with Gasteiger partial charge in [0.05, 0.1) is 12.2 Å². The van der Waals surface area contributed by atoms with Gasteiger partial charge in [-0.2, -0.15) is 0 Å². The zero-order valence-electron chi connectivity index (χ0n) is 11.1. The number of para-hydroxylation sites is 1. The highest BCUT2D eigenvalue weighted by molar-refractivity contribution is 6.32. The lowest BCUT2D eigenvalue weighted by Gasteiger charge is -2.26. The molecule has 3 rings (SSSR count). The molecule has 2 heterocycles. The van der Waals surface area contributed by atoms with Crippen LogP contribution in [0, 0.1) is 0 Å². The Hall–Kier alpha value is -1.81. The van der Waals surface area contributed by atoms with Gasteiger partial charge in [0.1, 0.15) is 23.7 Å². The minimum atomic E-state index is 0.308. The summed E-state index contributed by atoms with van der Waals surface area (Å²) in [7, 11) is 0. The zero-order chi connectivity index (χ0) is 13.8. The maximum Gasteiger partial charge on any atom is 0.151 e. The fourth-order valence-electron chi connectivity index (χ4n) is 2.51. The van der Waals surface area contributed by atoms with Gasteiger partial charge in [0.2, 0.25) is 0 Å². The van der Waals surface area contributed by atoms with Crippen LogP contribution in [0.1, 0.15) is 12.8 Å². The Morgan fingerprint density at radius 2 is 2.15 bits per heavy atom. The molecule has 0 N–H and O–H groups in total. The third kappa shape index (κ3) is 2.85. The van der Waals surface area contributed by atoms with Crippen molar-refractivity contribution in [2.24, 2.45) is 0 Å². The molecule has 1 aliphatic rings. The van der Waals surface area contributed by atoms with E-state index in [2.05, 4.69) is 14.9 Å².